The quantitative estimate of drug-likeness (QED) is 0.435. The lowest BCUT2D eigenvalue weighted by Crippen LogP contribution is -2.50. The smallest absolute Gasteiger partial charge is 0.409 e. The van der Waals surface area contributed by atoms with Gasteiger partial charge in [0.2, 0.25) is 10.0 Å². The molecule has 1 saturated heterocycles. The van der Waals surface area contributed by atoms with Gasteiger partial charge in [-0.1, -0.05) is 41.9 Å². The first kappa shape index (κ1) is 27.3. The fourth-order valence-electron chi connectivity index (χ4n) is 4.01. The van der Waals surface area contributed by atoms with Gasteiger partial charge in [0.25, 0.3) is 5.91 Å². The summed E-state index contributed by atoms with van der Waals surface area (Å²) < 4.78 is 32.4. The third-order valence-electron chi connectivity index (χ3n) is 6.03. The van der Waals surface area contributed by atoms with Crippen LogP contribution in [0.2, 0.25) is 5.02 Å². The lowest BCUT2D eigenvalue weighted by Gasteiger charge is -2.33. The molecule has 2 amide bonds. The molecule has 9 nitrogen and oxygen atoms in total. The van der Waals surface area contributed by atoms with Crippen molar-refractivity contribution in [3.63, 3.8) is 0 Å². The van der Waals surface area contributed by atoms with Gasteiger partial charge in [-0.15, -0.1) is 0 Å². The van der Waals surface area contributed by atoms with Crippen LogP contribution in [0.5, 0.6) is 0 Å². The van der Waals surface area contributed by atoms with Gasteiger partial charge < -0.3 is 15.0 Å². The summed E-state index contributed by atoms with van der Waals surface area (Å²) >= 11 is 6.11. The van der Waals surface area contributed by atoms with E-state index in [4.69, 9.17) is 16.3 Å². The van der Waals surface area contributed by atoms with Crippen molar-refractivity contribution in [1.82, 2.24) is 9.21 Å². The Labute approximate surface area is 226 Å². The van der Waals surface area contributed by atoms with Gasteiger partial charge in [0.1, 0.15) is 0 Å². The van der Waals surface area contributed by atoms with Crippen molar-refractivity contribution < 1.29 is 27.5 Å². The molecule has 0 spiro atoms. The summed E-state index contributed by atoms with van der Waals surface area (Å²) in [5.41, 5.74) is 1.18. The number of sulfonamides is 1. The minimum atomic E-state index is -3.81. The van der Waals surface area contributed by atoms with Crippen molar-refractivity contribution in [1.29, 1.82) is 0 Å². The number of halogens is 1. The maximum atomic E-state index is 13.1. The van der Waals surface area contributed by atoms with E-state index in [9.17, 15) is 22.8 Å². The van der Waals surface area contributed by atoms with Gasteiger partial charge in [0.05, 0.1) is 17.2 Å². The van der Waals surface area contributed by atoms with Gasteiger partial charge in [-0.05, 0) is 49.4 Å². The lowest BCUT2D eigenvalue weighted by atomic mass is 10.0. The Balaban J connectivity index is 1.46. The second-order valence-electron chi connectivity index (χ2n) is 8.45. The number of nitrogens with zero attached hydrogens (tertiary/aromatic N) is 2. The standard InChI is InChI=1S/C27H26ClN3O6S/c1-2-37-27(34)30-14-16-31(17-15-30)38(35,36)22-11-8-20(9-12-22)26(33)29-24-13-10-21(28)18-23(24)25(32)19-6-4-3-5-7-19/h3-13,18H,2,14-17H2,1H3,(H,29,33). The van der Waals surface area contributed by atoms with E-state index in [-0.39, 0.29) is 60.3 Å². The van der Waals surface area contributed by atoms with Gasteiger partial charge in [-0.25, -0.2) is 13.2 Å². The van der Waals surface area contributed by atoms with E-state index in [0.29, 0.717) is 10.6 Å². The molecule has 198 valence electrons. The number of piperazine rings is 1. The van der Waals surface area contributed by atoms with E-state index >= 15 is 0 Å². The Morgan fingerprint density at radius 3 is 2.18 bits per heavy atom. The minimum Gasteiger partial charge on any atom is -0.450 e. The molecule has 0 saturated carbocycles. The predicted molar refractivity (Wildman–Crippen MR) is 143 cm³/mol. The van der Waals surface area contributed by atoms with Gasteiger partial charge in [0.15, 0.2) is 5.78 Å². The first-order valence-electron chi connectivity index (χ1n) is 11.9. The van der Waals surface area contributed by atoms with Crippen molar-refractivity contribution in [2.24, 2.45) is 0 Å². The number of benzene rings is 3. The van der Waals surface area contributed by atoms with E-state index in [2.05, 4.69) is 5.32 Å². The summed E-state index contributed by atoms with van der Waals surface area (Å²) in [6, 6.07) is 18.8. The third-order valence-corrected chi connectivity index (χ3v) is 8.18. The molecule has 11 heteroatoms. The average Bonchev–Trinajstić information content (AvgIpc) is 2.94. The summed E-state index contributed by atoms with van der Waals surface area (Å²) in [5, 5.41) is 3.07. The number of ether oxygens (including phenoxy) is 1. The molecule has 1 aliphatic rings. The maximum absolute atomic E-state index is 13.1. The molecule has 1 aliphatic heterocycles. The SMILES string of the molecule is CCOC(=O)N1CCN(S(=O)(=O)c2ccc(C(=O)Nc3ccc(Cl)cc3C(=O)c3ccccc3)cc2)CC1. The molecule has 0 aromatic heterocycles. The number of amides is 2. The van der Waals surface area contributed by atoms with Crippen LogP contribution >= 0.6 is 11.6 Å². The topological polar surface area (TPSA) is 113 Å². The molecule has 3 aromatic rings. The molecule has 3 aromatic carbocycles. The fraction of sp³-hybridized carbons (Fsp3) is 0.222. The molecule has 0 atom stereocenters. The number of nitrogens with one attached hydrogen (secondary N) is 1. The number of carbonyl (C=O) groups excluding carboxylic acids is 3. The maximum Gasteiger partial charge on any atom is 0.409 e. The molecule has 0 aliphatic carbocycles. The molecule has 0 bridgehead atoms. The van der Waals surface area contributed by atoms with Gasteiger partial charge >= 0.3 is 6.09 Å². The fourth-order valence-corrected chi connectivity index (χ4v) is 5.60. The summed E-state index contributed by atoms with van der Waals surface area (Å²) in [6.07, 6.45) is -0.464. The van der Waals surface area contributed by atoms with Gasteiger partial charge in [0, 0.05) is 47.9 Å². The molecule has 38 heavy (non-hydrogen) atoms. The van der Waals surface area contributed by atoms with Crippen molar-refractivity contribution in [3.05, 3.63) is 94.5 Å². The Morgan fingerprint density at radius 2 is 1.55 bits per heavy atom. The van der Waals surface area contributed by atoms with Gasteiger partial charge in [-0.2, -0.15) is 4.31 Å². The summed E-state index contributed by atoms with van der Waals surface area (Å²) in [4.78, 5) is 39.4. The van der Waals surface area contributed by atoms with Crippen LogP contribution in [0.1, 0.15) is 33.2 Å². The highest BCUT2D eigenvalue weighted by atomic mass is 35.5. The van der Waals surface area contributed by atoms with Gasteiger partial charge in [-0.3, -0.25) is 9.59 Å². The van der Waals surface area contributed by atoms with E-state index < -0.39 is 22.0 Å². The molecular formula is C27H26ClN3O6S. The second-order valence-corrected chi connectivity index (χ2v) is 10.8. The number of hydrogen-bond acceptors (Lipinski definition) is 6. The number of rotatable bonds is 7. The lowest BCUT2D eigenvalue weighted by molar-refractivity contribution is 0.0933. The number of anilines is 1. The van der Waals surface area contributed by atoms with Crippen LogP contribution in [0, 0.1) is 0 Å². The zero-order valence-corrected chi connectivity index (χ0v) is 22.2. The summed E-state index contributed by atoms with van der Waals surface area (Å²) in [5.74, 6) is -0.811. The number of hydrogen-bond donors (Lipinski definition) is 1. The van der Waals surface area contributed by atoms with E-state index in [1.165, 1.54) is 39.5 Å². The highest BCUT2D eigenvalue weighted by Crippen LogP contribution is 2.25. The normalized spacial score (nSPS) is 14.1. The van der Waals surface area contributed by atoms with E-state index in [1.54, 1.807) is 49.4 Å². The van der Waals surface area contributed by atoms with Crippen molar-refractivity contribution in [2.45, 2.75) is 11.8 Å². The third kappa shape index (κ3) is 6.04. The monoisotopic (exact) mass is 555 g/mol. The first-order valence-corrected chi connectivity index (χ1v) is 13.7. The zero-order chi connectivity index (χ0) is 27.3. The Kier molecular flexibility index (Phi) is 8.45. The molecule has 0 radical (unpaired) electrons. The molecular weight excluding hydrogens is 530 g/mol. The van der Waals surface area contributed by atoms with Crippen LogP contribution < -0.4 is 5.32 Å². The molecule has 0 unspecified atom stereocenters. The molecule has 1 fully saturated rings. The van der Waals surface area contributed by atoms with Crippen LogP contribution in [0.3, 0.4) is 0 Å². The average molecular weight is 556 g/mol. The van der Waals surface area contributed by atoms with Crippen molar-refractivity contribution >= 4 is 45.1 Å². The van der Waals surface area contributed by atoms with E-state index in [0.717, 1.165) is 0 Å². The summed E-state index contributed by atoms with van der Waals surface area (Å²) in [6.45, 7) is 2.69. The molecule has 4 rings (SSSR count). The minimum absolute atomic E-state index is 0.0325. The predicted octanol–water partition coefficient (Wildman–Crippen LogP) is 4.29. The Morgan fingerprint density at radius 1 is 0.895 bits per heavy atom. The first-order chi connectivity index (χ1) is 18.2. The van der Waals surface area contributed by atoms with Crippen LogP contribution in [0.4, 0.5) is 10.5 Å². The van der Waals surface area contributed by atoms with Crippen LogP contribution in [0.25, 0.3) is 0 Å². The zero-order valence-electron chi connectivity index (χ0n) is 20.6. The Bertz CT molecular complexity index is 1440. The molecule has 1 heterocycles. The second kappa shape index (κ2) is 11.8. The Hall–Kier alpha value is -3.73. The van der Waals surface area contributed by atoms with Crippen LogP contribution in [-0.4, -0.2) is 68.2 Å². The molecule has 1 N–H and O–H groups in total. The van der Waals surface area contributed by atoms with E-state index in [1.807, 2.05) is 0 Å². The summed E-state index contributed by atoms with van der Waals surface area (Å²) in [7, 11) is -3.81. The highest BCUT2D eigenvalue weighted by Gasteiger charge is 2.30. The van der Waals surface area contributed by atoms with Crippen molar-refractivity contribution in [3.8, 4) is 0 Å². The van der Waals surface area contributed by atoms with Crippen LogP contribution in [0.15, 0.2) is 77.7 Å². The number of carbonyl (C=O) groups is 3. The van der Waals surface area contributed by atoms with Crippen molar-refractivity contribution in [2.75, 3.05) is 38.1 Å². The van der Waals surface area contributed by atoms with Crippen LogP contribution in [-0.2, 0) is 14.8 Å². The number of ketones is 1. The highest BCUT2D eigenvalue weighted by molar-refractivity contribution is 7.89. The largest absolute Gasteiger partial charge is 0.450 e.